The number of aryl methyl sites for hydroxylation is 2. The van der Waals surface area contributed by atoms with E-state index in [1.54, 1.807) is 0 Å². The van der Waals surface area contributed by atoms with E-state index in [9.17, 15) is 0 Å². The Balaban J connectivity index is 2.50. The van der Waals surface area contributed by atoms with E-state index in [0.717, 1.165) is 13.0 Å². The highest BCUT2D eigenvalue weighted by Gasteiger charge is 2.13. The lowest BCUT2D eigenvalue weighted by Gasteiger charge is -2.03. The van der Waals surface area contributed by atoms with Gasteiger partial charge in [-0.25, -0.2) is 9.13 Å². The van der Waals surface area contributed by atoms with Crippen LogP contribution in [0.15, 0.2) is 12.4 Å². The predicted octanol–water partition coefficient (Wildman–Crippen LogP) is 3.28. The van der Waals surface area contributed by atoms with Crippen LogP contribution in [0.3, 0.4) is 0 Å². The van der Waals surface area contributed by atoms with Crippen molar-refractivity contribution < 1.29 is 4.57 Å². The maximum atomic E-state index is 2.43. The number of thioether (sulfide) groups is 1. The van der Waals surface area contributed by atoms with Crippen molar-refractivity contribution >= 4 is 11.8 Å². The second-order valence-corrected chi connectivity index (χ2v) is 5.65. The standard InChI is InChI=1S/C14H27N2S/c1-4-7-8-15-9-10-16(14(15)6-3)11-13-17-12-5-2/h9-10H,4-8,11-13H2,1-3H3/q+1. The zero-order valence-corrected chi connectivity index (χ0v) is 12.4. The van der Waals surface area contributed by atoms with Crippen molar-refractivity contribution in [2.45, 2.75) is 59.5 Å². The molecule has 0 spiro atoms. The molecule has 0 aromatic carbocycles. The molecule has 1 aromatic rings. The predicted molar refractivity (Wildman–Crippen MR) is 76.5 cm³/mol. The van der Waals surface area contributed by atoms with Crippen LogP contribution in [-0.2, 0) is 19.5 Å². The normalized spacial score (nSPS) is 11.0. The van der Waals surface area contributed by atoms with Gasteiger partial charge < -0.3 is 0 Å². The summed E-state index contributed by atoms with van der Waals surface area (Å²) in [5.41, 5.74) is 0. The first-order chi connectivity index (χ1) is 8.33. The van der Waals surface area contributed by atoms with E-state index in [1.165, 1.54) is 43.1 Å². The maximum absolute atomic E-state index is 2.43. The number of imidazole rings is 1. The van der Waals surface area contributed by atoms with Crippen LogP contribution in [0, 0.1) is 0 Å². The summed E-state index contributed by atoms with van der Waals surface area (Å²) in [5.74, 6) is 4.01. The molecule has 1 rings (SSSR count). The lowest BCUT2D eigenvalue weighted by molar-refractivity contribution is -0.704. The van der Waals surface area contributed by atoms with Crippen LogP contribution in [0.25, 0.3) is 0 Å². The molecule has 0 saturated heterocycles. The average Bonchev–Trinajstić information content (AvgIpc) is 2.74. The Morgan fingerprint density at radius 3 is 2.65 bits per heavy atom. The van der Waals surface area contributed by atoms with Gasteiger partial charge >= 0.3 is 0 Å². The summed E-state index contributed by atoms with van der Waals surface area (Å²) in [5, 5.41) is 0. The van der Waals surface area contributed by atoms with Crippen molar-refractivity contribution in [1.82, 2.24) is 4.57 Å². The van der Waals surface area contributed by atoms with E-state index in [1.807, 2.05) is 0 Å². The van der Waals surface area contributed by atoms with Crippen molar-refractivity contribution in [1.29, 1.82) is 0 Å². The summed E-state index contributed by atoms with van der Waals surface area (Å²) in [7, 11) is 0. The quantitative estimate of drug-likeness (QED) is 0.486. The maximum Gasteiger partial charge on any atom is 0.256 e. The number of unbranched alkanes of at least 4 members (excludes halogenated alkanes) is 1. The molecule has 0 aliphatic carbocycles. The average molecular weight is 255 g/mol. The highest BCUT2D eigenvalue weighted by molar-refractivity contribution is 7.99. The van der Waals surface area contributed by atoms with E-state index >= 15 is 0 Å². The molecule has 0 saturated carbocycles. The van der Waals surface area contributed by atoms with Crippen LogP contribution in [0.4, 0.5) is 0 Å². The Kier molecular flexibility index (Phi) is 7.41. The van der Waals surface area contributed by atoms with E-state index in [2.05, 4.69) is 54.1 Å². The third-order valence-electron chi connectivity index (χ3n) is 2.98. The molecule has 3 heteroatoms. The molecule has 98 valence electrons. The van der Waals surface area contributed by atoms with Crippen LogP contribution in [0.1, 0.15) is 45.9 Å². The molecule has 2 nitrogen and oxygen atoms in total. The number of hydrogen-bond acceptors (Lipinski definition) is 1. The second-order valence-electron chi connectivity index (χ2n) is 4.42. The number of aromatic nitrogens is 2. The Hall–Kier alpha value is -0.440. The summed E-state index contributed by atoms with van der Waals surface area (Å²) in [6, 6.07) is 0. The van der Waals surface area contributed by atoms with E-state index in [4.69, 9.17) is 0 Å². The molecular formula is C14H27N2S+. The van der Waals surface area contributed by atoms with Crippen molar-refractivity contribution in [2.75, 3.05) is 11.5 Å². The lowest BCUT2D eigenvalue weighted by Crippen LogP contribution is -2.37. The van der Waals surface area contributed by atoms with Crippen LogP contribution >= 0.6 is 11.8 Å². The van der Waals surface area contributed by atoms with Gasteiger partial charge in [-0.1, -0.05) is 27.2 Å². The van der Waals surface area contributed by atoms with Crippen molar-refractivity contribution in [3.8, 4) is 0 Å². The fraction of sp³-hybridized carbons (Fsp3) is 0.786. The number of nitrogens with zero attached hydrogens (tertiary/aromatic N) is 2. The van der Waals surface area contributed by atoms with E-state index in [-0.39, 0.29) is 0 Å². The van der Waals surface area contributed by atoms with Gasteiger partial charge in [0.15, 0.2) is 0 Å². The molecule has 0 bridgehead atoms. The summed E-state index contributed by atoms with van der Waals surface area (Å²) < 4.78 is 4.85. The topological polar surface area (TPSA) is 8.81 Å². The number of hydrogen-bond donors (Lipinski definition) is 0. The second kappa shape index (κ2) is 8.62. The Morgan fingerprint density at radius 2 is 2.00 bits per heavy atom. The first kappa shape index (κ1) is 14.6. The van der Waals surface area contributed by atoms with Gasteiger partial charge in [0.25, 0.3) is 5.82 Å². The van der Waals surface area contributed by atoms with Gasteiger partial charge in [0, 0.05) is 12.2 Å². The molecule has 1 heterocycles. The molecule has 17 heavy (non-hydrogen) atoms. The van der Waals surface area contributed by atoms with Gasteiger partial charge in [0.05, 0.1) is 13.1 Å². The van der Waals surface area contributed by atoms with Crippen LogP contribution in [0.5, 0.6) is 0 Å². The zero-order valence-electron chi connectivity index (χ0n) is 11.6. The first-order valence-corrected chi connectivity index (χ1v) is 8.14. The Labute approximate surface area is 110 Å². The van der Waals surface area contributed by atoms with Crippen molar-refractivity contribution in [3.05, 3.63) is 18.2 Å². The molecule has 0 unspecified atom stereocenters. The fourth-order valence-electron chi connectivity index (χ4n) is 2.05. The Morgan fingerprint density at radius 1 is 1.18 bits per heavy atom. The van der Waals surface area contributed by atoms with Crippen LogP contribution in [0.2, 0.25) is 0 Å². The van der Waals surface area contributed by atoms with Gasteiger partial charge in [-0.15, -0.1) is 0 Å². The van der Waals surface area contributed by atoms with Gasteiger partial charge in [-0.3, -0.25) is 0 Å². The number of rotatable bonds is 9. The van der Waals surface area contributed by atoms with Crippen molar-refractivity contribution in [2.24, 2.45) is 0 Å². The molecule has 0 aliphatic heterocycles. The fourth-order valence-corrected chi connectivity index (χ4v) is 2.87. The summed E-state index contributed by atoms with van der Waals surface area (Å²) in [6.07, 6.45) is 9.47. The van der Waals surface area contributed by atoms with Crippen LogP contribution in [-0.4, -0.2) is 16.1 Å². The highest BCUT2D eigenvalue weighted by atomic mass is 32.2. The Bertz CT molecular complexity index is 307. The molecule has 0 radical (unpaired) electrons. The minimum Gasteiger partial charge on any atom is -0.234 e. The van der Waals surface area contributed by atoms with Gasteiger partial charge in [0.2, 0.25) is 0 Å². The minimum atomic E-state index is 1.13. The SMILES string of the molecule is CCCC[n+]1ccn(CCSCCC)c1CC. The first-order valence-electron chi connectivity index (χ1n) is 6.98. The monoisotopic (exact) mass is 255 g/mol. The lowest BCUT2D eigenvalue weighted by atomic mass is 10.3. The smallest absolute Gasteiger partial charge is 0.234 e. The highest BCUT2D eigenvalue weighted by Crippen LogP contribution is 2.05. The van der Waals surface area contributed by atoms with E-state index in [0.29, 0.717) is 0 Å². The molecule has 0 amide bonds. The zero-order chi connectivity index (χ0) is 12.5. The van der Waals surface area contributed by atoms with Crippen molar-refractivity contribution in [3.63, 3.8) is 0 Å². The molecule has 0 fully saturated rings. The van der Waals surface area contributed by atoms with E-state index < -0.39 is 0 Å². The molecule has 0 N–H and O–H groups in total. The van der Waals surface area contributed by atoms with Gasteiger partial charge in [0.1, 0.15) is 12.4 Å². The van der Waals surface area contributed by atoms with Crippen LogP contribution < -0.4 is 4.57 Å². The summed E-state index contributed by atoms with van der Waals surface area (Å²) in [6.45, 7) is 9.10. The summed E-state index contributed by atoms with van der Waals surface area (Å²) in [4.78, 5) is 0. The third-order valence-corrected chi connectivity index (χ3v) is 4.15. The van der Waals surface area contributed by atoms with Gasteiger partial charge in [-0.05, 0) is 18.6 Å². The third kappa shape index (κ3) is 4.74. The molecular weight excluding hydrogens is 228 g/mol. The molecule has 0 aliphatic rings. The summed E-state index contributed by atoms with van der Waals surface area (Å²) >= 11 is 2.06. The largest absolute Gasteiger partial charge is 0.256 e. The molecule has 1 aromatic heterocycles. The van der Waals surface area contributed by atoms with Gasteiger partial charge in [-0.2, -0.15) is 11.8 Å². The molecule has 0 atom stereocenters. The minimum absolute atomic E-state index is 1.13.